The number of hydrogen-bond acceptors (Lipinski definition) is 3. The van der Waals surface area contributed by atoms with E-state index < -0.39 is 0 Å². The summed E-state index contributed by atoms with van der Waals surface area (Å²) >= 11 is 4.85. The average molecular weight is 314 g/mol. The number of carbonyl (C=O) groups excluding carboxylic acids is 1. The van der Waals surface area contributed by atoms with E-state index in [2.05, 4.69) is 31.2 Å². The minimum atomic E-state index is -0.113. The van der Waals surface area contributed by atoms with Gasteiger partial charge in [0.05, 0.1) is 6.04 Å². The average Bonchev–Trinajstić information content (AvgIpc) is 2.96. The Morgan fingerprint density at radius 3 is 3.06 bits per heavy atom. The van der Waals surface area contributed by atoms with Crippen molar-refractivity contribution in [2.45, 2.75) is 19.4 Å². The molecule has 0 fully saturated rings. The van der Waals surface area contributed by atoms with Crippen molar-refractivity contribution in [1.29, 1.82) is 0 Å². The number of hydrogen-bond donors (Lipinski definition) is 2. The topological polar surface area (TPSA) is 57.8 Å². The molecule has 0 aliphatic carbocycles. The van der Waals surface area contributed by atoms with Gasteiger partial charge in [-0.05, 0) is 28.4 Å². The number of nitrogens with one attached hydrogen (secondary N) is 2. The molecule has 2 aromatic heterocycles. The Bertz CT molecular complexity index is 495. The molecule has 2 heterocycles. The first-order chi connectivity index (χ1) is 8.20. The highest BCUT2D eigenvalue weighted by molar-refractivity contribution is 9.10. The Morgan fingerprint density at radius 1 is 1.71 bits per heavy atom. The van der Waals surface area contributed by atoms with Gasteiger partial charge in [-0.3, -0.25) is 4.79 Å². The van der Waals surface area contributed by atoms with Gasteiger partial charge in [0, 0.05) is 22.2 Å². The summed E-state index contributed by atoms with van der Waals surface area (Å²) in [6, 6.07) is 1.73. The molecule has 0 radical (unpaired) electrons. The molecule has 0 aliphatic heterocycles. The van der Waals surface area contributed by atoms with Gasteiger partial charge in [-0.2, -0.15) is 0 Å². The van der Waals surface area contributed by atoms with Crippen molar-refractivity contribution < 1.29 is 4.79 Å². The molecule has 17 heavy (non-hydrogen) atoms. The fourth-order valence-corrected chi connectivity index (χ4v) is 2.60. The van der Waals surface area contributed by atoms with Crippen LogP contribution < -0.4 is 5.32 Å². The van der Waals surface area contributed by atoms with E-state index in [0.29, 0.717) is 5.69 Å². The Hall–Kier alpha value is -1.14. The Labute approximate surface area is 112 Å². The number of rotatable bonds is 4. The lowest BCUT2D eigenvalue weighted by molar-refractivity contribution is 0.0931. The van der Waals surface area contributed by atoms with Gasteiger partial charge >= 0.3 is 0 Å². The third-order valence-electron chi connectivity index (χ3n) is 2.36. The fraction of sp³-hybridized carbons (Fsp3) is 0.273. The van der Waals surface area contributed by atoms with Crippen molar-refractivity contribution in [1.82, 2.24) is 15.3 Å². The van der Waals surface area contributed by atoms with E-state index in [0.717, 1.165) is 15.9 Å². The minimum absolute atomic E-state index is 0.0235. The lowest BCUT2D eigenvalue weighted by Gasteiger charge is -2.13. The molecule has 0 aromatic carbocycles. The third-order valence-corrected chi connectivity index (χ3v) is 3.70. The van der Waals surface area contributed by atoms with Crippen LogP contribution in [0, 0.1) is 0 Å². The van der Waals surface area contributed by atoms with Crippen molar-refractivity contribution in [2.75, 3.05) is 0 Å². The molecule has 4 nitrogen and oxygen atoms in total. The molecule has 1 amide bonds. The van der Waals surface area contributed by atoms with Gasteiger partial charge < -0.3 is 10.3 Å². The molecule has 1 atom stereocenters. The zero-order valence-electron chi connectivity index (χ0n) is 9.24. The molecule has 2 N–H and O–H groups in total. The van der Waals surface area contributed by atoms with Gasteiger partial charge in [-0.25, -0.2) is 4.98 Å². The van der Waals surface area contributed by atoms with Crippen LogP contribution in [0.3, 0.4) is 0 Å². The fourth-order valence-electron chi connectivity index (χ4n) is 1.48. The summed E-state index contributed by atoms with van der Waals surface area (Å²) in [4.78, 5) is 19.1. The number of halogens is 1. The SMILES string of the molecule is CCC(NC(=O)c1cc(Br)c[nH]1)c1nccs1. The number of aromatic amines is 1. The van der Waals surface area contributed by atoms with Crippen molar-refractivity contribution in [3.05, 3.63) is 39.0 Å². The number of nitrogens with zero attached hydrogens (tertiary/aromatic N) is 1. The largest absolute Gasteiger partial charge is 0.356 e. The molecule has 0 spiro atoms. The van der Waals surface area contributed by atoms with Crippen LogP contribution in [0.5, 0.6) is 0 Å². The monoisotopic (exact) mass is 313 g/mol. The summed E-state index contributed by atoms with van der Waals surface area (Å²) in [7, 11) is 0. The van der Waals surface area contributed by atoms with Crippen LogP contribution >= 0.6 is 27.3 Å². The number of carbonyl (C=O) groups is 1. The van der Waals surface area contributed by atoms with E-state index in [1.165, 1.54) is 0 Å². The normalized spacial score (nSPS) is 12.4. The quantitative estimate of drug-likeness (QED) is 0.911. The summed E-state index contributed by atoms with van der Waals surface area (Å²) in [5.41, 5.74) is 0.548. The summed E-state index contributed by atoms with van der Waals surface area (Å²) in [6.07, 6.45) is 4.31. The van der Waals surface area contributed by atoms with Crippen LogP contribution in [0.2, 0.25) is 0 Å². The van der Waals surface area contributed by atoms with Crippen molar-refractivity contribution in [2.24, 2.45) is 0 Å². The second-order valence-electron chi connectivity index (χ2n) is 3.54. The van der Waals surface area contributed by atoms with Crippen LogP contribution in [0.4, 0.5) is 0 Å². The summed E-state index contributed by atoms with van der Waals surface area (Å²) in [5.74, 6) is -0.113. The maximum absolute atomic E-state index is 11.9. The van der Waals surface area contributed by atoms with E-state index in [4.69, 9.17) is 0 Å². The first-order valence-corrected chi connectivity index (χ1v) is 6.92. The maximum Gasteiger partial charge on any atom is 0.268 e. The second kappa shape index (κ2) is 5.46. The van der Waals surface area contributed by atoms with Crippen LogP contribution in [-0.4, -0.2) is 15.9 Å². The predicted molar refractivity (Wildman–Crippen MR) is 71.1 cm³/mol. The Balaban J connectivity index is 2.07. The van der Waals surface area contributed by atoms with E-state index >= 15 is 0 Å². The highest BCUT2D eigenvalue weighted by Gasteiger charge is 2.16. The van der Waals surface area contributed by atoms with Gasteiger partial charge in [0.2, 0.25) is 0 Å². The van der Waals surface area contributed by atoms with E-state index in [1.54, 1.807) is 29.8 Å². The minimum Gasteiger partial charge on any atom is -0.356 e. The van der Waals surface area contributed by atoms with Crippen molar-refractivity contribution in [3.8, 4) is 0 Å². The molecule has 0 saturated carbocycles. The number of thiazole rings is 1. The van der Waals surface area contributed by atoms with Gasteiger partial charge in [0.25, 0.3) is 5.91 Å². The standard InChI is InChI=1S/C11H12BrN3OS/c1-2-8(11-13-3-4-17-11)15-10(16)9-5-7(12)6-14-9/h3-6,8,14H,2H2,1H3,(H,15,16). The number of aromatic nitrogens is 2. The molecular weight excluding hydrogens is 302 g/mol. The molecular formula is C11H12BrN3OS. The van der Waals surface area contributed by atoms with E-state index in [1.807, 2.05) is 12.3 Å². The van der Waals surface area contributed by atoms with E-state index in [9.17, 15) is 4.79 Å². The Morgan fingerprint density at radius 2 is 2.53 bits per heavy atom. The number of H-pyrrole nitrogens is 1. The molecule has 1 unspecified atom stereocenters. The molecule has 6 heteroatoms. The van der Waals surface area contributed by atoms with Gasteiger partial charge in [0.1, 0.15) is 10.7 Å². The summed E-state index contributed by atoms with van der Waals surface area (Å²) in [6.45, 7) is 2.02. The molecule has 2 rings (SSSR count). The zero-order chi connectivity index (χ0) is 12.3. The van der Waals surface area contributed by atoms with Crippen LogP contribution in [0.15, 0.2) is 28.3 Å². The maximum atomic E-state index is 11.9. The van der Waals surface area contributed by atoms with Crippen LogP contribution in [0.25, 0.3) is 0 Å². The molecule has 90 valence electrons. The Kier molecular flexibility index (Phi) is 3.96. The lowest BCUT2D eigenvalue weighted by Crippen LogP contribution is -2.28. The lowest BCUT2D eigenvalue weighted by atomic mass is 10.2. The zero-order valence-corrected chi connectivity index (χ0v) is 11.6. The molecule has 0 bridgehead atoms. The van der Waals surface area contributed by atoms with Crippen LogP contribution in [0.1, 0.15) is 34.9 Å². The third kappa shape index (κ3) is 2.95. The summed E-state index contributed by atoms with van der Waals surface area (Å²) in [5, 5.41) is 5.80. The second-order valence-corrected chi connectivity index (χ2v) is 5.38. The van der Waals surface area contributed by atoms with Gasteiger partial charge in [0.15, 0.2) is 0 Å². The molecule has 2 aromatic rings. The molecule has 0 aliphatic rings. The van der Waals surface area contributed by atoms with Gasteiger partial charge in [-0.1, -0.05) is 6.92 Å². The van der Waals surface area contributed by atoms with E-state index in [-0.39, 0.29) is 11.9 Å². The molecule has 0 saturated heterocycles. The summed E-state index contributed by atoms with van der Waals surface area (Å²) < 4.78 is 0.866. The first kappa shape index (κ1) is 12.3. The number of amides is 1. The van der Waals surface area contributed by atoms with Gasteiger partial charge in [-0.15, -0.1) is 11.3 Å². The van der Waals surface area contributed by atoms with Crippen molar-refractivity contribution in [3.63, 3.8) is 0 Å². The first-order valence-electron chi connectivity index (χ1n) is 5.25. The van der Waals surface area contributed by atoms with Crippen molar-refractivity contribution >= 4 is 33.2 Å². The highest BCUT2D eigenvalue weighted by Crippen LogP contribution is 2.19. The smallest absolute Gasteiger partial charge is 0.268 e. The van der Waals surface area contributed by atoms with Crippen LogP contribution in [-0.2, 0) is 0 Å². The highest BCUT2D eigenvalue weighted by atomic mass is 79.9. The predicted octanol–water partition coefficient (Wildman–Crippen LogP) is 3.11.